The molecule has 0 N–H and O–H groups in total. The van der Waals surface area contributed by atoms with Gasteiger partial charge in [-0.15, -0.1) is 0 Å². The lowest BCUT2D eigenvalue weighted by molar-refractivity contribution is 0.0438. The molecule has 158 valence electrons. The van der Waals surface area contributed by atoms with Gasteiger partial charge >= 0.3 is 0 Å². The molecule has 0 bridgehead atoms. The third kappa shape index (κ3) is 3.70. The van der Waals surface area contributed by atoms with Gasteiger partial charge in [0, 0.05) is 35.7 Å². The van der Waals surface area contributed by atoms with E-state index in [1.165, 1.54) is 38.5 Å². The van der Waals surface area contributed by atoms with Crippen LogP contribution >= 0.6 is 0 Å². The van der Waals surface area contributed by atoms with Gasteiger partial charge in [0.15, 0.2) is 17.2 Å². The van der Waals surface area contributed by atoms with Gasteiger partial charge in [-0.05, 0) is 43.7 Å². The molecule has 0 atom stereocenters. The Morgan fingerprint density at radius 3 is 2.23 bits per heavy atom. The number of Topliss-reactive ketones (excluding diaryl/α,β-unsaturated/α-hetero) is 1. The summed E-state index contributed by atoms with van der Waals surface area (Å²) in [4.78, 5) is 27.6. The molecule has 0 spiro atoms. The monoisotopic (exact) mass is 406 g/mol. The fraction of sp³-hybridized carbons (Fsp3) is 0.560. The molecule has 3 aliphatic carbocycles. The molecule has 2 fully saturated rings. The first-order chi connectivity index (χ1) is 14.7. The Bertz CT molecular complexity index is 918. The SMILES string of the molecule is O=C1CCc2cc(-c3cc(C(=O)N(C4CCCCC4)C4CCCCC4)no3)ccc21. The lowest BCUT2D eigenvalue weighted by Crippen LogP contribution is -2.48. The van der Waals surface area contributed by atoms with Crippen LogP contribution in [0.3, 0.4) is 0 Å². The summed E-state index contributed by atoms with van der Waals surface area (Å²) in [5, 5.41) is 4.18. The van der Waals surface area contributed by atoms with E-state index in [1.54, 1.807) is 6.07 Å². The second kappa shape index (κ2) is 8.37. The summed E-state index contributed by atoms with van der Waals surface area (Å²) in [6.07, 6.45) is 13.2. The minimum atomic E-state index is 0.0279. The van der Waals surface area contributed by atoms with Gasteiger partial charge in [-0.25, -0.2) is 0 Å². The summed E-state index contributed by atoms with van der Waals surface area (Å²) >= 11 is 0. The number of amides is 1. The van der Waals surface area contributed by atoms with E-state index in [2.05, 4.69) is 10.1 Å². The average Bonchev–Trinajstić information content (AvgIpc) is 3.43. The first kappa shape index (κ1) is 19.5. The first-order valence-electron chi connectivity index (χ1n) is 11.7. The van der Waals surface area contributed by atoms with Crippen LogP contribution in [-0.2, 0) is 6.42 Å². The van der Waals surface area contributed by atoms with Crippen molar-refractivity contribution in [2.24, 2.45) is 0 Å². The summed E-state index contributed by atoms with van der Waals surface area (Å²) in [5.74, 6) is 0.841. The number of fused-ring (bicyclic) bond motifs is 1. The fourth-order valence-corrected chi connectivity index (χ4v) is 5.60. The second-order valence-electron chi connectivity index (χ2n) is 9.17. The minimum Gasteiger partial charge on any atom is -0.355 e. The Labute approximate surface area is 177 Å². The predicted octanol–water partition coefficient (Wildman–Crippen LogP) is 5.58. The Hall–Kier alpha value is -2.43. The molecule has 5 nitrogen and oxygen atoms in total. The summed E-state index contributed by atoms with van der Waals surface area (Å²) < 4.78 is 5.60. The highest BCUT2D eigenvalue weighted by Crippen LogP contribution is 2.33. The third-order valence-corrected chi connectivity index (χ3v) is 7.21. The van der Waals surface area contributed by atoms with Crippen LogP contribution in [0.1, 0.15) is 97.0 Å². The van der Waals surface area contributed by atoms with E-state index in [1.807, 2.05) is 18.2 Å². The van der Waals surface area contributed by atoms with Crippen molar-refractivity contribution in [1.29, 1.82) is 0 Å². The number of carbonyl (C=O) groups excluding carboxylic acids is 2. The molecule has 0 radical (unpaired) electrons. The van der Waals surface area contributed by atoms with Gasteiger partial charge in [-0.1, -0.05) is 55.8 Å². The predicted molar refractivity (Wildman–Crippen MR) is 115 cm³/mol. The molecule has 30 heavy (non-hydrogen) atoms. The zero-order valence-corrected chi connectivity index (χ0v) is 17.6. The molecule has 5 heteroatoms. The Morgan fingerprint density at radius 2 is 1.57 bits per heavy atom. The molecule has 0 saturated heterocycles. The number of aryl methyl sites for hydroxylation is 1. The van der Waals surface area contributed by atoms with Crippen LogP contribution in [0.25, 0.3) is 11.3 Å². The molecule has 5 rings (SSSR count). The Balaban J connectivity index is 1.40. The highest BCUT2D eigenvalue weighted by atomic mass is 16.5. The van der Waals surface area contributed by atoms with Gasteiger partial charge in [-0.2, -0.15) is 0 Å². The largest absolute Gasteiger partial charge is 0.355 e. The first-order valence-corrected chi connectivity index (χ1v) is 11.7. The van der Waals surface area contributed by atoms with Gasteiger partial charge in [-0.3, -0.25) is 9.59 Å². The van der Waals surface area contributed by atoms with E-state index in [0.29, 0.717) is 30.0 Å². The van der Waals surface area contributed by atoms with E-state index in [0.717, 1.165) is 48.8 Å². The molecule has 1 amide bonds. The highest BCUT2D eigenvalue weighted by Gasteiger charge is 2.34. The Kier molecular flexibility index (Phi) is 5.45. The summed E-state index contributed by atoms with van der Waals surface area (Å²) in [6, 6.07) is 8.24. The maximum atomic E-state index is 13.6. The van der Waals surface area contributed by atoms with Crippen molar-refractivity contribution in [2.45, 2.75) is 89.1 Å². The Morgan fingerprint density at radius 1 is 0.900 bits per heavy atom. The van der Waals surface area contributed by atoms with Gasteiger partial charge in [0.25, 0.3) is 5.91 Å². The maximum absolute atomic E-state index is 13.6. The number of hydrogen-bond acceptors (Lipinski definition) is 4. The lowest BCUT2D eigenvalue weighted by Gasteiger charge is -2.41. The number of rotatable bonds is 4. The van der Waals surface area contributed by atoms with Gasteiger partial charge in [0.1, 0.15) is 0 Å². The smallest absolute Gasteiger partial charge is 0.276 e. The molecular formula is C25H30N2O3. The molecule has 1 heterocycles. The summed E-state index contributed by atoms with van der Waals surface area (Å²) in [6.45, 7) is 0. The van der Waals surface area contributed by atoms with Crippen LogP contribution in [0.2, 0.25) is 0 Å². The zero-order chi connectivity index (χ0) is 20.5. The highest BCUT2D eigenvalue weighted by molar-refractivity contribution is 6.01. The van der Waals surface area contributed by atoms with Crippen molar-refractivity contribution < 1.29 is 14.1 Å². The van der Waals surface area contributed by atoms with E-state index >= 15 is 0 Å². The lowest BCUT2D eigenvalue weighted by atomic mass is 9.88. The quantitative estimate of drug-likeness (QED) is 0.665. The standard InChI is InChI=1S/C25H30N2O3/c28-23-14-12-17-15-18(11-13-21(17)23)24-16-22(26-30-24)25(29)27(19-7-3-1-4-8-19)20-9-5-2-6-10-20/h11,13,15-16,19-20H,1-10,12,14H2. The number of hydrogen-bond donors (Lipinski definition) is 0. The molecule has 2 aromatic rings. The molecule has 0 unspecified atom stereocenters. The van der Waals surface area contributed by atoms with E-state index < -0.39 is 0 Å². The molecule has 2 saturated carbocycles. The van der Waals surface area contributed by atoms with Crippen LogP contribution in [0.15, 0.2) is 28.8 Å². The van der Waals surface area contributed by atoms with Crippen LogP contribution in [-0.4, -0.2) is 33.8 Å². The van der Waals surface area contributed by atoms with Crippen molar-refractivity contribution in [3.63, 3.8) is 0 Å². The van der Waals surface area contributed by atoms with Crippen molar-refractivity contribution in [1.82, 2.24) is 10.1 Å². The number of benzene rings is 1. The van der Waals surface area contributed by atoms with E-state index in [9.17, 15) is 9.59 Å². The molecule has 3 aliphatic rings. The molecule has 1 aromatic carbocycles. The average molecular weight is 407 g/mol. The molecule has 1 aromatic heterocycles. The van der Waals surface area contributed by atoms with E-state index in [4.69, 9.17) is 4.52 Å². The topological polar surface area (TPSA) is 63.4 Å². The van der Waals surface area contributed by atoms with Crippen LogP contribution < -0.4 is 0 Å². The molecular weight excluding hydrogens is 376 g/mol. The third-order valence-electron chi connectivity index (χ3n) is 7.21. The molecule has 0 aliphatic heterocycles. The van der Waals surface area contributed by atoms with Crippen LogP contribution in [0.5, 0.6) is 0 Å². The van der Waals surface area contributed by atoms with Crippen LogP contribution in [0.4, 0.5) is 0 Å². The fourth-order valence-electron chi connectivity index (χ4n) is 5.60. The van der Waals surface area contributed by atoms with E-state index in [-0.39, 0.29) is 11.7 Å². The number of carbonyl (C=O) groups is 2. The number of aromatic nitrogens is 1. The normalized spacial score (nSPS) is 20.3. The van der Waals surface area contributed by atoms with Crippen LogP contribution in [0, 0.1) is 0 Å². The van der Waals surface area contributed by atoms with Crippen molar-refractivity contribution in [3.8, 4) is 11.3 Å². The zero-order valence-electron chi connectivity index (χ0n) is 17.6. The van der Waals surface area contributed by atoms with Crippen molar-refractivity contribution in [3.05, 3.63) is 41.1 Å². The van der Waals surface area contributed by atoms with Gasteiger partial charge in [0.2, 0.25) is 0 Å². The van der Waals surface area contributed by atoms with Crippen molar-refractivity contribution >= 4 is 11.7 Å². The van der Waals surface area contributed by atoms with Crippen molar-refractivity contribution in [2.75, 3.05) is 0 Å². The summed E-state index contributed by atoms with van der Waals surface area (Å²) in [5.41, 5.74) is 3.18. The van der Waals surface area contributed by atoms with Gasteiger partial charge in [0.05, 0.1) is 0 Å². The second-order valence-corrected chi connectivity index (χ2v) is 9.17. The summed E-state index contributed by atoms with van der Waals surface area (Å²) in [7, 11) is 0. The number of nitrogens with zero attached hydrogens (tertiary/aromatic N) is 2. The van der Waals surface area contributed by atoms with Gasteiger partial charge < -0.3 is 9.42 Å². The minimum absolute atomic E-state index is 0.0279. The maximum Gasteiger partial charge on any atom is 0.276 e. The number of ketones is 1.